The lowest BCUT2D eigenvalue weighted by Crippen LogP contribution is -2.35. The SMILES string of the molecule is CCN(CC)CCNC(=O)c1c(C)[nH]c(C=C2C(=O)Nc3ccc(S(=O)(=O)CC4=CC=C(C(=O)O)CC4)cc32)c1C. The lowest BCUT2D eigenvalue weighted by Gasteiger charge is -2.18. The van der Waals surface area contributed by atoms with Gasteiger partial charge in [0.1, 0.15) is 0 Å². The van der Waals surface area contributed by atoms with Crippen molar-refractivity contribution in [3.05, 3.63) is 69.6 Å². The van der Waals surface area contributed by atoms with Gasteiger partial charge < -0.3 is 25.6 Å². The smallest absolute Gasteiger partial charge is 0.331 e. The molecule has 0 unspecified atom stereocenters. The fraction of sp³-hybridized carbons (Fsp3) is 0.367. The van der Waals surface area contributed by atoms with Gasteiger partial charge in [0.2, 0.25) is 0 Å². The van der Waals surface area contributed by atoms with Gasteiger partial charge in [0.05, 0.1) is 21.8 Å². The number of carboxylic acids is 1. The number of sulfone groups is 1. The number of aliphatic carboxylic acids is 1. The van der Waals surface area contributed by atoms with Gasteiger partial charge in [-0.3, -0.25) is 9.59 Å². The average molecular weight is 581 g/mol. The van der Waals surface area contributed by atoms with E-state index in [-0.39, 0.29) is 34.5 Å². The highest BCUT2D eigenvalue weighted by atomic mass is 32.2. The van der Waals surface area contributed by atoms with Gasteiger partial charge >= 0.3 is 5.97 Å². The van der Waals surface area contributed by atoms with E-state index in [9.17, 15) is 22.8 Å². The van der Waals surface area contributed by atoms with Crippen LogP contribution < -0.4 is 10.6 Å². The molecule has 0 fully saturated rings. The summed E-state index contributed by atoms with van der Waals surface area (Å²) < 4.78 is 26.5. The first-order chi connectivity index (χ1) is 19.4. The third kappa shape index (κ3) is 6.52. The molecule has 1 aliphatic carbocycles. The zero-order valence-electron chi connectivity index (χ0n) is 23.8. The maximum atomic E-state index is 13.2. The van der Waals surface area contributed by atoms with Crippen LogP contribution in [-0.4, -0.2) is 73.1 Å². The third-order valence-corrected chi connectivity index (χ3v) is 9.34. The summed E-state index contributed by atoms with van der Waals surface area (Å²) in [5, 5.41) is 14.9. The molecule has 10 nitrogen and oxygen atoms in total. The molecule has 2 aliphatic rings. The van der Waals surface area contributed by atoms with Crippen molar-refractivity contribution in [3.8, 4) is 0 Å². The Labute approximate surface area is 240 Å². The van der Waals surface area contributed by atoms with E-state index >= 15 is 0 Å². The number of aromatic amines is 1. The first-order valence-corrected chi connectivity index (χ1v) is 15.3. The Balaban J connectivity index is 1.58. The van der Waals surface area contributed by atoms with Gasteiger partial charge in [-0.15, -0.1) is 0 Å². The second kappa shape index (κ2) is 12.3. The topological polar surface area (TPSA) is 149 Å². The second-order valence-electron chi connectivity index (χ2n) is 10.2. The van der Waals surface area contributed by atoms with Crippen molar-refractivity contribution in [1.82, 2.24) is 15.2 Å². The van der Waals surface area contributed by atoms with Gasteiger partial charge in [-0.1, -0.05) is 31.6 Å². The fourth-order valence-corrected chi connectivity index (χ4v) is 6.64. The zero-order chi connectivity index (χ0) is 29.9. The maximum Gasteiger partial charge on any atom is 0.331 e. The first-order valence-electron chi connectivity index (χ1n) is 13.7. The molecule has 41 heavy (non-hydrogen) atoms. The minimum atomic E-state index is -3.75. The van der Waals surface area contributed by atoms with Crippen LogP contribution in [0.3, 0.4) is 0 Å². The Hall–Kier alpha value is -3.96. The van der Waals surface area contributed by atoms with Crippen LogP contribution in [0.2, 0.25) is 0 Å². The van der Waals surface area contributed by atoms with Crippen LogP contribution in [0.15, 0.2) is 46.4 Å². The van der Waals surface area contributed by atoms with Crippen molar-refractivity contribution in [1.29, 1.82) is 0 Å². The number of nitrogens with zero attached hydrogens (tertiary/aromatic N) is 1. The van der Waals surface area contributed by atoms with Crippen LogP contribution in [0.5, 0.6) is 0 Å². The number of H-pyrrole nitrogens is 1. The van der Waals surface area contributed by atoms with Crippen LogP contribution in [0.4, 0.5) is 5.69 Å². The number of likely N-dealkylation sites (N-methyl/N-ethyl adjacent to an activating group) is 1. The number of aromatic nitrogens is 1. The minimum Gasteiger partial charge on any atom is -0.478 e. The van der Waals surface area contributed by atoms with Crippen LogP contribution in [0.1, 0.15) is 59.6 Å². The number of aryl methyl sites for hydroxylation is 1. The summed E-state index contributed by atoms with van der Waals surface area (Å²) >= 11 is 0. The molecule has 2 aromatic rings. The predicted molar refractivity (Wildman–Crippen MR) is 158 cm³/mol. The maximum absolute atomic E-state index is 13.2. The van der Waals surface area contributed by atoms with Crippen molar-refractivity contribution >= 4 is 45.0 Å². The third-order valence-electron chi connectivity index (χ3n) is 7.62. The molecule has 0 saturated heterocycles. The minimum absolute atomic E-state index is 0.0696. The van der Waals surface area contributed by atoms with Crippen molar-refractivity contribution in [3.63, 3.8) is 0 Å². The molecule has 1 aromatic carbocycles. The Morgan fingerprint density at radius 1 is 1.12 bits per heavy atom. The van der Waals surface area contributed by atoms with E-state index in [1.165, 1.54) is 18.2 Å². The van der Waals surface area contributed by atoms with Crippen LogP contribution >= 0.6 is 0 Å². The van der Waals surface area contributed by atoms with E-state index < -0.39 is 15.8 Å². The summed E-state index contributed by atoms with van der Waals surface area (Å²) in [4.78, 5) is 42.5. The number of carbonyl (C=O) groups excluding carboxylic acids is 2. The number of amides is 2. The van der Waals surface area contributed by atoms with Crippen molar-refractivity contribution in [2.75, 3.05) is 37.2 Å². The molecular weight excluding hydrogens is 544 g/mol. The number of rotatable bonds is 11. The van der Waals surface area contributed by atoms with Gasteiger partial charge in [0, 0.05) is 41.3 Å². The molecule has 0 bridgehead atoms. The molecule has 0 radical (unpaired) electrons. The number of fused-ring (bicyclic) bond motifs is 1. The molecule has 4 rings (SSSR count). The van der Waals surface area contributed by atoms with E-state index in [1.54, 1.807) is 25.1 Å². The quantitative estimate of drug-likeness (QED) is 0.296. The Bertz CT molecular complexity index is 1590. The molecule has 1 aromatic heterocycles. The van der Waals surface area contributed by atoms with E-state index in [1.807, 2.05) is 6.92 Å². The van der Waals surface area contributed by atoms with Gasteiger partial charge in [-0.25, -0.2) is 13.2 Å². The van der Waals surface area contributed by atoms with E-state index in [0.29, 0.717) is 57.9 Å². The van der Waals surface area contributed by atoms with E-state index in [0.717, 1.165) is 19.6 Å². The van der Waals surface area contributed by atoms with Gasteiger partial charge in [0.25, 0.3) is 11.8 Å². The lowest BCUT2D eigenvalue weighted by molar-refractivity contribution is -0.132. The Morgan fingerprint density at radius 3 is 2.49 bits per heavy atom. The molecule has 11 heteroatoms. The fourth-order valence-electron chi connectivity index (χ4n) is 5.17. The predicted octanol–water partition coefficient (Wildman–Crippen LogP) is 3.70. The normalized spacial score (nSPS) is 15.9. The number of carboxylic acid groups (broad SMARTS) is 1. The van der Waals surface area contributed by atoms with Crippen LogP contribution in [0.25, 0.3) is 11.6 Å². The Kier molecular flexibility index (Phi) is 8.98. The first kappa shape index (κ1) is 30.0. The summed E-state index contributed by atoms with van der Waals surface area (Å²) in [5.41, 5.74) is 4.60. The number of benzene rings is 1. The van der Waals surface area contributed by atoms with Crippen LogP contribution in [0, 0.1) is 13.8 Å². The molecule has 0 spiro atoms. The highest BCUT2D eigenvalue weighted by Gasteiger charge is 2.28. The summed E-state index contributed by atoms with van der Waals surface area (Å²) in [6, 6.07) is 4.52. The largest absolute Gasteiger partial charge is 0.478 e. The second-order valence-corrected chi connectivity index (χ2v) is 12.2. The molecule has 2 amide bonds. The average Bonchev–Trinajstić information content (AvgIpc) is 3.40. The van der Waals surface area contributed by atoms with E-state index in [4.69, 9.17) is 5.11 Å². The molecule has 1 aliphatic heterocycles. The zero-order valence-corrected chi connectivity index (χ0v) is 24.6. The molecule has 4 N–H and O–H groups in total. The summed E-state index contributed by atoms with van der Waals surface area (Å²) in [6.07, 6.45) is 5.28. The molecule has 0 atom stereocenters. The number of allylic oxidation sites excluding steroid dienone is 2. The van der Waals surface area contributed by atoms with Crippen molar-refractivity contribution in [2.45, 2.75) is 45.4 Å². The standard InChI is InChI=1S/C30H36N4O6S/c1-5-34(6-2)14-13-31-29(36)27-18(3)26(32-19(27)4)16-24-23-15-22(11-12-25(23)33-28(24)35)41(39,40)17-20-7-9-21(10-8-20)30(37)38/h7,9,11-12,15-16,32H,5-6,8,10,13-14,17H2,1-4H3,(H,31,36)(H,33,35)(H,37,38). The van der Waals surface area contributed by atoms with Crippen molar-refractivity contribution in [2.24, 2.45) is 0 Å². The number of carbonyl (C=O) groups is 3. The number of hydrogen-bond acceptors (Lipinski definition) is 6. The van der Waals surface area contributed by atoms with Gasteiger partial charge in [-0.2, -0.15) is 0 Å². The molecule has 218 valence electrons. The summed E-state index contributed by atoms with van der Waals surface area (Å²) in [7, 11) is -3.75. The number of nitrogens with one attached hydrogen (secondary N) is 3. The number of anilines is 1. The van der Waals surface area contributed by atoms with Crippen LogP contribution in [-0.2, 0) is 19.4 Å². The molecular formula is C30H36N4O6S. The summed E-state index contributed by atoms with van der Waals surface area (Å²) in [5.74, 6) is -1.81. The monoisotopic (exact) mass is 580 g/mol. The van der Waals surface area contributed by atoms with E-state index in [2.05, 4.69) is 34.4 Å². The molecule has 0 saturated carbocycles. The summed E-state index contributed by atoms with van der Waals surface area (Å²) in [6.45, 7) is 10.8. The lowest BCUT2D eigenvalue weighted by atomic mass is 10.00. The number of hydrogen-bond donors (Lipinski definition) is 4. The Morgan fingerprint density at radius 2 is 1.85 bits per heavy atom. The molecule has 2 heterocycles. The highest BCUT2D eigenvalue weighted by Crippen LogP contribution is 2.36. The van der Waals surface area contributed by atoms with Gasteiger partial charge in [-0.05, 0) is 69.6 Å². The highest BCUT2D eigenvalue weighted by molar-refractivity contribution is 7.91. The van der Waals surface area contributed by atoms with Crippen molar-refractivity contribution < 1.29 is 27.9 Å². The van der Waals surface area contributed by atoms with Gasteiger partial charge in [0.15, 0.2) is 9.84 Å².